The molecule has 0 radical (unpaired) electrons. The van der Waals surface area contributed by atoms with E-state index in [2.05, 4.69) is 11.7 Å². The SMILES string of the molecule is C1CO1.CCCCCCCCCCCCCCCO. The van der Waals surface area contributed by atoms with Gasteiger partial charge < -0.3 is 9.84 Å². The van der Waals surface area contributed by atoms with Gasteiger partial charge in [-0.25, -0.2) is 0 Å². The Morgan fingerprint density at radius 3 is 1.21 bits per heavy atom. The quantitative estimate of drug-likeness (QED) is 0.374. The minimum Gasteiger partial charge on any atom is -0.396 e. The third-order valence-electron chi connectivity index (χ3n) is 3.47. The summed E-state index contributed by atoms with van der Waals surface area (Å²) in [6, 6.07) is 0. The summed E-state index contributed by atoms with van der Waals surface area (Å²) in [5.41, 5.74) is 0. The lowest BCUT2D eigenvalue weighted by molar-refractivity contribution is 0.282. The molecule has 2 nitrogen and oxygen atoms in total. The maximum absolute atomic E-state index is 8.63. The second-order valence-corrected chi connectivity index (χ2v) is 5.58. The first-order valence-corrected chi connectivity index (χ1v) is 8.60. The van der Waals surface area contributed by atoms with Crippen LogP contribution in [0.4, 0.5) is 0 Å². The zero-order chi connectivity index (χ0) is 14.0. The van der Waals surface area contributed by atoms with Crippen molar-refractivity contribution in [2.45, 2.75) is 90.4 Å². The predicted octanol–water partition coefficient (Wildman–Crippen LogP) is 5.09. The summed E-state index contributed by atoms with van der Waals surface area (Å²) in [6.07, 6.45) is 17.7. The van der Waals surface area contributed by atoms with E-state index in [1.165, 1.54) is 77.0 Å². The Bertz CT molecular complexity index is 129. The first kappa shape index (κ1) is 18.9. The molecule has 0 aromatic carbocycles. The number of ether oxygens (including phenoxy) is 1. The van der Waals surface area contributed by atoms with Crippen molar-refractivity contribution in [3.05, 3.63) is 0 Å². The molecule has 0 aromatic rings. The molecule has 19 heavy (non-hydrogen) atoms. The molecule has 1 heterocycles. The molecule has 116 valence electrons. The van der Waals surface area contributed by atoms with Crippen LogP contribution in [0.25, 0.3) is 0 Å². The Hall–Kier alpha value is -0.0800. The van der Waals surface area contributed by atoms with Gasteiger partial charge in [0.05, 0.1) is 13.2 Å². The smallest absolute Gasteiger partial charge is 0.0701 e. The average molecular weight is 272 g/mol. The van der Waals surface area contributed by atoms with Gasteiger partial charge in [0.2, 0.25) is 0 Å². The second-order valence-electron chi connectivity index (χ2n) is 5.58. The fourth-order valence-corrected chi connectivity index (χ4v) is 2.13. The maximum atomic E-state index is 8.63. The van der Waals surface area contributed by atoms with Crippen molar-refractivity contribution in [1.82, 2.24) is 0 Å². The minimum absolute atomic E-state index is 0.373. The molecule has 0 aromatic heterocycles. The van der Waals surface area contributed by atoms with Crippen molar-refractivity contribution in [3.63, 3.8) is 0 Å². The number of hydrogen-bond acceptors (Lipinski definition) is 2. The minimum atomic E-state index is 0.373. The van der Waals surface area contributed by atoms with Crippen LogP contribution in [-0.2, 0) is 4.74 Å². The molecule has 2 heteroatoms. The molecule has 0 aliphatic carbocycles. The number of aliphatic hydroxyl groups is 1. The molecule has 0 unspecified atom stereocenters. The van der Waals surface area contributed by atoms with Gasteiger partial charge in [0.15, 0.2) is 0 Å². The van der Waals surface area contributed by atoms with Crippen LogP contribution in [0.1, 0.15) is 90.4 Å². The summed E-state index contributed by atoms with van der Waals surface area (Å²) >= 11 is 0. The fourth-order valence-electron chi connectivity index (χ4n) is 2.13. The van der Waals surface area contributed by atoms with E-state index < -0.39 is 0 Å². The summed E-state index contributed by atoms with van der Waals surface area (Å²) in [7, 11) is 0. The largest absolute Gasteiger partial charge is 0.396 e. The summed E-state index contributed by atoms with van der Waals surface area (Å²) in [6.45, 7) is 4.65. The number of aliphatic hydroxyl groups excluding tert-OH is 1. The van der Waals surface area contributed by atoms with Crippen LogP contribution >= 0.6 is 0 Å². The lowest BCUT2D eigenvalue weighted by atomic mass is 10.0. The molecule has 1 fully saturated rings. The normalized spacial score (nSPS) is 12.9. The third-order valence-corrected chi connectivity index (χ3v) is 3.47. The summed E-state index contributed by atoms with van der Waals surface area (Å²) in [5.74, 6) is 0. The second kappa shape index (κ2) is 17.9. The standard InChI is InChI=1S/C15H32O.C2H4O/c1-2-3-4-5-6-7-8-9-10-11-12-13-14-15-16;1-2-3-1/h16H,2-15H2,1H3;1-2H2. The van der Waals surface area contributed by atoms with Gasteiger partial charge in [-0.05, 0) is 6.42 Å². The summed E-state index contributed by atoms with van der Waals surface area (Å²) in [4.78, 5) is 0. The monoisotopic (exact) mass is 272 g/mol. The molecular weight excluding hydrogens is 236 g/mol. The molecular formula is C17H36O2. The van der Waals surface area contributed by atoms with Gasteiger partial charge >= 0.3 is 0 Å². The Morgan fingerprint density at radius 1 is 0.632 bits per heavy atom. The predicted molar refractivity (Wildman–Crippen MR) is 83.6 cm³/mol. The highest BCUT2D eigenvalue weighted by Gasteiger charge is 1.94. The summed E-state index contributed by atoms with van der Waals surface area (Å²) < 4.78 is 4.50. The zero-order valence-corrected chi connectivity index (χ0v) is 13.2. The van der Waals surface area contributed by atoms with Gasteiger partial charge in [0.1, 0.15) is 0 Å². The van der Waals surface area contributed by atoms with E-state index in [9.17, 15) is 0 Å². The molecule has 1 rings (SSSR count). The highest BCUT2D eigenvalue weighted by atomic mass is 16.6. The number of epoxide rings is 1. The van der Waals surface area contributed by atoms with Gasteiger partial charge in [0, 0.05) is 6.61 Å². The van der Waals surface area contributed by atoms with Crippen molar-refractivity contribution in [2.75, 3.05) is 19.8 Å². The molecule has 1 aliphatic rings. The molecule has 1 N–H and O–H groups in total. The lowest BCUT2D eigenvalue weighted by Gasteiger charge is -2.02. The van der Waals surface area contributed by atoms with E-state index in [4.69, 9.17) is 5.11 Å². The van der Waals surface area contributed by atoms with Crippen molar-refractivity contribution >= 4 is 0 Å². The Kier molecular flexibility index (Phi) is 17.8. The molecule has 0 atom stereocenters. The zero-order valence-electron chi connectivity index (χ0n) is 13.2. The van der Waals surface area contributed by atoms with Crippen LogP contribution in [-0.4, -0.2) is 24.9 Å². The first-order valence-electron chi connectivity index (χ1n) is 8.60. The van der Waals surface area contributed by atoms with E-state index in [1.54, 1.807) is 0 Å². The van der Waals surface area contributed by atoms with E-state index in [0.29, 0.717) is 6.61 Å². The Balaban J connectivity index is 0.000000934. The highest BCUT2D eigenvalue weighted by molar-refractivity contribution is 4.48. The molecule has 0 spiro atoms. The van der Waals surface area contributed by atoms with E-state index in [0.717, 1.165) is 19.6 Å². The third kappa shape index (κ3) is 23.4. The van der Waals surface area contributed by atoms with E-state index in [1.807, 2.05) is 0 Å². The fraction of sp³-hybridized carbons (Fsp3) is 1.00. The lowest BCUT2D eigenvalue weighted by Crippen LogP contribution is -1.84. The van der Waals surface area contributed by atoms with Crippen LogP contribution in [0.3, 0.4) is 0 Å². The molecule has 0 amide bonds. The van der Waals surface area contributed by atoms with E-state index >= 15 is 0 Å². The van der Waals surface area contributed by atoms with Crippen LogP contribution in [0, 0.1) is 0 Å². The number of unbranched alkanes of at least 4 members (excludes halogenated alkanes) is 12. The molecule has 0 bridgehead atoms. The van der Waals surface area contributed by atoms with Crippen LogP contribution < -0.4 is 0 Å². The molecule has 0 saturated carbocycles. The Morgan fingerprint density at radius 2 is 0.947 bits per heavy atom. The van der Waals surface area contributed by atoms with Gasteiger partial charge in [-0.1, -0.05) is 84.0 Å². The summed E-state index contributed by atoms with van der Waals surface area (Å²) in [5, 5.41) is 8.63. The Labute approximate surface area is 120 Å². The van der Waals surface area contributed by atoms with Gasteiger partial charge in [-0.15, -0.1) is 0 Å². The van der Waals surface area contributed by atoms with Crippen LogP contribution in [0.2, 0.25) is 0 Å². The van der Waals surface area contributed by atoms with Crippen molar-refractivity contribution in [1.29, 1.82) is 0 Å². The van der Waals surface area contributed by atoms with Crippen molar-refractivity contribution in [2.24, 2.45) is 0 Å². The number of rotatable bonds is 13. The van der Waals surface area contributed by atoms with Gasteiger partial charge in [-0.2, -0.15) is 0 Å². The topological polar surface area (TPSA) is 32.8 Å². The first-order chi connectivity index (χ1) is 9.41. The highest BCUT2D eigenvalue weighted by Crippen LogP contribution is 2.12. The average Bonchev–Trinajstić information content (AvgIpc) is 3.28. The van der Waals surface area contributed by atoms with Crippen LogP contribution in [0.15, 0.2) is 0 Å². The molecule has 1 saturated heterocycles. The number of hydrogen-bond donors (Lipinski definition) is 1. The van der Waals surface area contributed by atoms with Crippen molar-refractivity contribution < 1.29 is 9.84 Å². The molecule has 1 aliphatic heterocycles. The van der Waals surface area contributed by atoms with Crippen LogP contribution in [0.5, 0.6) is 0 Å². The van der Waals surface area contributed by atoms with Crippen molar-refractivity contribution in [3.8, 4) is 0 Å². The van der Waals surface area contributed by atoms with Gasteiger partial charge in [-0.3, -0.25) is 0 Å². The van der Waals surface area contributed by atoms with Gasteiger partial charge in [0.25, 0.3) is 0 Å². The van der Waals surface area contributed by atoms with E-state index in [-0.39, 0.29) is 0 Å². The maximum Gasteiger partial charge on any atom is 0.0701 e.